The van der Waals surface area contributed by atoms with E-state index in [1.165, 1.54) is 19.3 Å². The van der Waals surface area contributed by atoms with Crippen molar-refractivity contribution in [1.82, 2.24) is 0 Å². The molecule has 3 fully saturated rings. The fourth-order valence-corrected chi connectivity index (χ4v) is 4.09. The first kappa shape index (κ1) is 15.5. The minimum Gasteiger partial charge on any atom is -0.489 e. The molecule has 24 heavy (non-hydrogen) atoms. The number of anilines is 1. The van der Waals surface area contributed by atoms with Gasteiger partial charge in [0.05, 0.1) is 12.2 Å². The average molecular weight is 326 g/mol. The molecule has 5 nitrogen and oxygen atoms in total. The van der Waals surface area contributed by atoms with Gasteiger partial charge in [0.15, 0.2) is 0 Å². The molecule has 0 aromatic heterocycles. The molecule has 1 amide bonds. The van der Waals surface area contributed by atoms with Crippen molar-refractivity contribution in [3.8, 4) is 11.8 Å². The van der Waals surface area contributed by atoms with E-state index >= 15 is 0 Å². The summed E-state index contributed by atoms with van der Waals surface area (Å²) in [5, 5.41) is 12.2. The number of carbonyl (C=O) groups is 1. The van der Waals surface area contributed by atoms with Gasteiger partial charge in [-0.2, -0.15) is 5.26 Å². The number of nitrogens with zero attached hydrogens (tertiary/aromatic N) is 1. The van der Waals surface area contributed by atoms with Gasteiger partial charge in [0.25, 0.3) is 0 Å². The molecule has 1 heterocycles. The molecule has 1 saturated heterocycles. The number of nitriles is 1. The third-order valence-corrected chi connectivity index (χ3v) is 5.50. The smallest absolute Gasteiger partial charge is 0.224 e. The summed E-state index contributed by atoms with van der Waals surface area (Å²) in [6.45, 7) is 1.18. The normalized spacial score (nSPS) is 29.5. The fourth-order valence-electron chi connectivity index (χ4n) is 4.09. The molecule has 4 rings (SSSR count). The first-order chi connectivity index (χ1) is 11.7. The Morgan fingerprint density at radius 1 is 1.38 bits per heavy atom. The van der Waals surface area contributed by atoms with Crippen molar-refractivity contribution in [3.63, 3.8) is 0 Å². The Kier molecular flexibility index (Phi) is 4.15. The lowest BCUT2D eigenvalue weighted by molar-refractivity contribution is -0.116. The van der Waals surface area contributed by atoms with Crippen LogP contribution in [0.25, 0.3) is 0 Å². The molecule has 1 aliphatic heterocycles. The molecule has 0 radical (unpaired) electrons. The van der Waals surface area contributed by atoms with E-state index in [2.05, 4.69) is 11.4 Å². The number of carbonyl (C=O) groups excluding carboxylic acids is 1. The van der Waals surface area contributed by atoms with E-state index in [-0.39, 0.29) is 12.0 Å². The first-order valence-corrected chi connectivity index (χ1v) is 8.83. The van der Waals surface area contributed by atoms with Gasteiger partial charge >= 0.3 is 0 Å². The molecule has 3 unspecified atom stereocenters. The predicted molar refractivity (Wildman–Crippen MR) is 88.6 cm³/mol. The second kappa shape index (κ2) is 6.45. The van der Waals surface area contributed by atoms with Crippen LogP contribution in [-0.4, -0.2) is 25.2 Å². The maximum absolute atomic E-state index is 12.1. The summed E-state index contributed by atoms with van der Waals surface area (Å²) in [6.07, 6.45) is 5.80. The summed E-state index contributed by atoms with van der Waals surface area (Å²) >= 11 is 0. The van der Waals surface area contributed by atoms with Gasteiger partial charge in [-0.25, -0.2) is 0 Å². The number of benzene rings is 1. The molecule has 3 aliphatic rings. The molecule has 0 spiro atoms. The van der Waals surface area contributed by atoms with Crippen LogP contribution in [0.4, 0.5) is 5.69 Å². The number of fused-ring (bicyclic) bond motifs is 1. The standard InChI is InChI=1S/C19H22N2O3/c20-9-12-8-13(4-6-18(12)24-11-14-10-23-14)21-19(22)7-5-17-15-2-1-3-16(15)17/h4,6,8,14-17H,1-3,5,7,10-11H2,(H,21,22). The summed E-state index contributed by atoms with van der Waals surface area (Å²) in [6, 6.07) is 7.32. The van der Waals surface area contributed by atoms with Crippen LogP contribution in [-0.2, 0) is 9.53 Å². The number of amides is 1. The van der Waals surface area contributed by atoms with Crippen molar-refractivity contribution >= 4 is 11.6 Å². The number of hydrogen-bond donors (Lipinski definition) is 1. The van der Waals surface area contributed by atoms with Crippen molar-refractivity contribution in [2.75, 3.05) is 18.5 Å². The Hall–Kier alpha value is -2.06. The van der Waals surface area contributed by atoms with E-state index in [4.69, 9.17) is 9.47 Å². The van der Waals surface area contributed by atoms with Gasteiger partial charge in [-0.05, 0) is 55.2 Å². The van der Waals surface area contributed by atoms with Crippen LogP contribution in [0, 0.1) is 29.1 Å². The van der Waals surface area contributed by atoms with Gasteiger partial charge in [0.2, 0.25) is 5.91 Å². The number of nitrogens with one attached hydrogen (secondary N) is 1. The molecule has 1 N–H and O–H groups in total. The molecular weight excluding hydrogens is 304 g/mol. The summed E-state index contributed by atoms with van der Waals surface area (Å²) < 4.78 is 10.7. The van der Waals surface area contributed by atoms with Crippen LogP contribution >= 0.6 is 0 Å². The Labute approximate surface area is 141 Å². The SMILES string of the molecule is N#Cc1cc(NC(=O)CCC2C3CCCC32)ccc1OCC1CO1. The van der Waals surface area contributed by atoms with Crippen molar-refractivity contribution < 1.29 is 14.3 Å². The molecule has 126 valence electrons. The Balaban J connectivity index is 1.28. The van der Waals surface area contributed by atoms with Gasteiger partial charge in [-0.3, -0.25) is 4.79 Å². The van der Waals surface area contributed by atoms with Crippen LogP contribution in [0.3, 0.4) is 0 Å². The molecule has 3 atom stereocenters. The van der Waals surface area contributed by atoms with Crippen molar-refractivity contribution in [2.45, 2.75) is 38.2 Å². The predicted octanol–water partition coefficient (Wildman–Crippen LogP) is 3.10. The Bertz CT molecular complexity index is 668. The van der Waals surface area contributed by atoms with Gasteiger partial charge in [-0.1, -0.05) is 6.42 Å². The highest BCUT2D eigenvalue weighted by molar-refractivity contribution is 5.91. The number of ether oxygens (including phenoxy) is 2. The van der Waals surface area contributed by atoms with Crippen LogP contribution in [0.5, 0.6) is 5.75 Å². The first-order valence-electron chi connectivity index (χ1n) is 8.83. The number of rotatable bonds is 7. The van der Waals surface area contributed by atoms with Crippen molar-refractivity contribution in [1.29, 1.82) is 5.26 Å². The lowest BCUT2D eigenvalue weighted by Crippen LogP contribution is -2.12. The fraction of sp³-hybridized carbons (Fsp3) is 0.579. The Morgan fingerprint density at radius 3 is 2.88 bits per heavy atom. The summed E-state index contributed by atoms with van der Waals surface area (Å²) in [4.78, 5) is 12.1. The number of epoxide rings is 1. The van der Waals surface area contributed by atoms with Crippen LogP contribution in [0.2, 0.25) is 0 Å². The van der Waals surface area contributed by atoms with E-state index in [9.17, 15) is 10.1 Å². The Morgan fingerprint density at radius 2 is 2.17 bits per heavy atom. The molecule has 1 aromatic carbocycles. The minimum atomic E-state index is 0.0314. The zero-order chi connectivity index (χ0) is 16.5. The maximum Gasteiger partial charge on any atom is 0.224 e. The summed E-state index contributed by atoms with van der Waals surface area (Å²) in [5.41, 5.74) is 1.09. The third-order valence-electron chi connectivity index (χ3n) is 5.50. The van der Waals surface area contributed by atoms with Crippen molar-refractivity contribution in [3.05, 3.63) is 23.8 Å². The van der Waals surface area contributed by atoms with Crippen molar-refractivity contribution in [2.24, 2.45) is 17.8 Å². The van der Waals surface area contributed by atoms with Gasteiger partial charge in [0, 0.05) is 12.1 Å². The van der Waals surface area contributed by atoms with E-state index in [0.29, 0.717) is 30.0 Å². The van der Waals surface area contributed by atoms with E-state index in [1.54, 1.807) is 18.2 Å². The molecule has 2 saturated carbocycles. The molecule has 2 aliphatic carbocycles. The van der Waals surface area contributed by atoms with Gasteiger partial charge < -0.3 is 14.8 Å². The van der Waals surface area contributed by atoms with Crippen LogP contribution in [0.1, 0.15) is 37.7 Å². The average Bonchev–Trinajstić information content (AvgIpc) is 3.49. The lowest BCUT2D eigenvalue weighted by atomic mass is 10.1. The largest absolute Gasteiger partial charge is 0.489 e. The maximum atomic E-state index is 12.1. The van der Waals surface area contributed by atoms with Gasteiger partial charge in [0.1, 0.15) is 24.5 Å². The van der Waals surface area contributed by atoms with Gasteiger partial charge in [-0.15, -0.1) is 0 Å². The van der Waals surface area contributed by atoms with Crippen LogP contribution < -0.4 is 10.1 Å². The second-order valence-electron chi connectivity index (χ2n) is 7.10. The summed E-state index contributed by atoms with van der Waals surface area (Å²) in [7, 11) is 0. The van der Waals surface area contributed by atoms with E-state index in [0.717, 1.165) is 30.8 Å². The van der Waals surface area contributed by atoms with E-state index < -0.39 is 0 Å². The highest BCUT2D eigenvalue weighted by Gasteiger charge is 2.51. The third kappa shape index (κ3) is 3.39. The highest BCUT2D eigenvalue weighted by Crippen LogP contribution is 2.59. The lowest BCUT2D eigenvalue weighted by Gasteiger charge is -2.10. The zero-order valence-corrected chi connectivity index (χ0v) is 13.7. The molecule has 0 bridgehead atoms. The molecule has 5 heteroatoms. The quantitative estimate of drug-likeness (QED) is 0.781. The zero-order valence-electron chi connectivity index (χ0n) is 13.7. The highest BCUT2D eigenvalue weighted by atomic mass is 16.6. The topological polar surface area (TPSA) is 74.7 Å². The molecular formula is C19H22N2O3. The monoisotopic (exact) mass is 326 g/mol. The minimum absolute atomic E-state index is 0.0314. The molecule has 1 aromatic rings. The number of hydrogen-bond acceptors (Lipinski definition) is 4. The van der Waals surface area contributed by atoms with Crippen LogP contribution in [0.15, 0.2) is 18.2 Å². The summed E-state index contributed by atoms with van der Waals surface area (Å²) in [5.74, 6) is 3.14. The second-order valence-corrected chi connectivity index (χ2v) is 7.10. The van der Waals surface area contributed by atoms with E-state index in [1.807, 2.05) is 0 Å².